The van der Waals surface area contributed by atoms with Gasteiger partial charge >= 0.3 is 20.4 Å². The molecule has 0 saturated heterocycles. The van der Waals surface area contributed by atoms with Crippen LogP contribution in [0.1, 0.15) is 11.1 Å². The zero-order valence-corrected chi connectivity index (χ0v) is 22.0. The standard InChI is InChI=1S/2C10H16N.4HNO2.Pd/c2*1-11(2,3)9-10-7-5-4-6-8-10;4*2-1-3;/h2*4-8H,9H2,1-3H3;4*(H,2,3);/q2*+1;;;;;+2/p-4. The maximum Gasteiger partial charge on any atom is 2.00 e. The molecule has 0 bridgehead atoms. The third-order valence-corrected chi connectivity index (χ3v) is 3.00. The molecule has 0 radical (unpaired) electrons. The van der Waals surface area contributed by atoms with Crippen molar-refractivity contribution in [3.8, 4) is 0 Å². The fraction of sp³-hybridized carbons (Fsp3) is 0.400. The molecular weight excluding hydrogens is 559 g/mol. The summed E-state index contributed by atoms with van der Waals surface area (Å²) in [6, 6.07) is 21.1. The van der Waals surface area contributed by atoms with E-state index >= 15 is 0 Å². The zero-order chi connectivity index (χ0) is 27.5. The fourth-order valence-electron chi connectivity index (χ4n) is 2.26. The molecule has 2 rings (SSSR count). The van der Waals surface area contributed by atoms with Gasteiger partial charge in [0.1, 0.15) is 13.1 Å². The summed E-state index contributed by atoms with van der Waals surface area (Å²) in [7, 11) is 13.2. The molecule has 0 fully saturated rings. The third kappa shape index (κ3) is 49.0. The molecule has 0 spiro atoms. The Labute approximate surface area is 218 Å². The molecule has 0 atom stereocenters. The minimum atomic E-state index is 0. The molecule has 0 unspecified atom stereocenters. The van der Waals surface area contributed by atoms with E-state index in [1.54, 1.807) is 0 Å². The molecule has 0 amide bonds. The quantitative estimate of drug-likeness (QED) is 0.208. The van der Waals surface area contributed by atoms with E-state index in [4.69, 9.17) is 40.5 Å². The van der Waals surface area contributed by atoms with Crippen LogP contribution < -0.4 is 0 Å². The minimum absolute atomic E-state index is 0. The van der Waals surface area contributed by atoms with Crippen molar-refractivity contribution in [1.29, 1.82) is 0 Å². The molecule has 0 saturated carbocycles. The van der Waals surface area contributed by atoms with Crippen LogP contribution in [0.25, 0.3) is 0 Å². The monoisotopic (exact) mass is 590 g/mol. The summed E-state index contributed by atoms with van der Waals surface area (Å²) in [5, 5.41) is 36.0. The average Bonchev–Trinajstić information content (AvgIpc) is 2.70. The molecule has 0 aliphatic heterocycles. The van der Waals surface area contributed by atoms with Crippen LogP contribution in [0.15, 0.2) is 82.0 Å². The van der Waals surface area contributed by atoms with Crippen molar-refractivity contribution in [1.82, 2.24) is 0 Å². The van der Waals surface area contributed by atoms with Crippen molar-refractivity contribution in [3.05, 3.63) is 112 Å². The molecule has 14 nitrogen and oxygen atoms in total. The van der Waals surface area contributed by atoms with Crippen molar-refractivity contribution in [2.75, 3.05) is 42.3 Å². The Bertz CT molecular complexity index is 654. The minimum Gasteiger partial charge on any atom is -0.444 e. The molecule has 15 heteroatoms. The van der Waals surface area contributed by atoms with E-state index in [2.05, 4.69) is 103 Å². The number of rotatable bonds is 4. The number of benzene rings is 2. The van der Waals surface area contributed by atoms with Gasteiger partial charge in [0.2, 0.25) is 0 Å². The van der Waals surface area contributed by atoms with Crippen molar-refractivity contribution in [3.63, 3.8) is 0 Å². The van der Waals surface area contributed by atoms with Crippen molar-refractivity contribution >= 4 is 0 Å². The summed E-state index contributed by atoms with van der Waals surface area (Å²) in [6.07, 6.45) is 0. The largest absolute Gasteiger partial charge is 2.00 e. The summed E-state index contributed by atoms with van der Waals surface area (Å²) in [5.41, 5.74) is 2.81. The third-order valence-electron chi connectivity index (χ3n) is 3.00. The first-order chi connectivity index (χ1) is 15.8. The molecule has 2 aromatic rings. The number of hydrogen-bond acceptors (Lipinski definition) is 12. The van der Waals surface area contributed by atoms with Gasteiger partial charge in [0, 0.05) is 11.1 Å². The first kappa shape index (κ1) is 41.8. The van der Waals surface area contributed by atoms with Gasteiger partial charge in [-0.25, -0.2) is 0 Å². The summed E-state index contributed by atoms with van der Waals surface area (Å²) in [4.78, 5) is 32.0. The summed E-state index contributed by atoms with van der Waals surface area (Å²) < 4.78 is 1.98. The van der Waals surface area contributed by atoms with Crippen molar-refractivity contribution in [2.45, 2.75) is 13.1 Å². The van der Waals surface area contributed by atoms with Gasteiger partial charge in [-0.05, 0) is 0 Å². The van der Waals surface area contributed by atoms with Gasteiger partial charge in [-0.1, -0.05) is 60.7 Å². The Balaban J connectivity index is -0.000000117. The molecule has 0 aliphatic carbocycles. The van der Waals surface area contributed by atoms with E-state index in [1.807, 2.05) is 0 Å². The summed E-state index contributed by atoms with van der Waals surface area (Å²) >= 11 is 0. The predicted octanol–water partition coefficient (Wildman–Crippen LogP) is 4.79. The zero-order valence-electron chi connectivity index (χ0n) is 20.5. The topological polar surface area (TPSA) is 210 Å². The van der Waals surface area contributed by atoms with Crippen LogP contribution in [0, 0.1) is 40.5 Å². The molecular formula is C20H32N6O8Pd. The number of quaternary nitrogens is 2. The van der Waals surface area contributed by atoms with Crippen LogP contribution >= 0.6 is 0 Å². The first-order valence-corrected chi connectivity index (χ1v) is 9.30. The van der Waals surface area contributed by atoms with Crippen LogP contribution in [-0.2, 0) is 33.5 Å². The molecule has 2 aromatic carbocycles. The second-order valence-corrected chi connectivity index (χ2v) is 8.17. The fourth-order valence-corrected chi connectivity index (χ4v) is 2.26. The molecule has 0 heterocycles. The Morgan fingerprint density at radius 1 is 0.514 bits per heavy atom. The average molecular weight is 591 g/mol. The predicted molar refractivity (Wildman–Crippen MR) is 133 cm³/mol. The van der Waals surface area contributed by atoms with E-state index in [0.29, 0.717) is 0 Å². The Kier molecular flexibility index (Phi) is 34.3. The molecule has 200 valence electrons. The smallest absolute Gasteiger partial charge is 0.444 e. The van der Waals surface area contributed by atoms with Crippen molar-refractivity contribution < 1.29 is 29.4 Å². The molecule has 0 aromatic heterocycles. The van der Waals surface area contributed by atoms with Gasteiger partial charge in [-0.15, -0.1) is 21.4 Å². The summed E-state index contributed by atoms with van der Waals surface area (Å²) in [6.45, 7) is 2.20. The Morgan fingerprint density at radius 2 is 0.686 bits per heavy atom. The van der Waals surface area contributed by atoms with E-state index < -0.39 is 0 Å². The van der Waals surface area contributed by atoms with Crippen LogP contribution in [-0.4, -0.2) is 51.3 Å². The molecule has 35 heavy (non-hydrogen) atoms. The van der Waals surface area contributed by atoms with Crippen LogP contribution in [0.5, 0.6) is 0 Å². The van der Waals surface area contributed by atoms with Gasteiger partial charge < -0.3 is 49.4 Å². The van der Waals surface area contributed by atoms with E-state index in [1.165, 1.54) is 11.1 Å². The van der Waals surface area contributed by atoms with E-state index in [-0.39, 0.29) is 20.4 Å². The van der Waals surface area contributed by atoms with Gasteiger partial charge in [-0.3, -0.25) is 0 Å². The van der Waals surface area contributed by atoms with E-state index in [9.17, 15) is 0 Å². The van der Waals surface area contributed by atoms with Crippen LogP contribution in [0.4, 0.5) is 0 Å². The second kappa shape index (κ2) is 28.7. The Morgan fingerprint density at radius 3 is 0.829 bits per heavy atom. The first-order valence-electron chi connectivity index (χ1n) is 9.30. The summed E-state index contributed by atoms with van der Waals surface area (Å²) in [5.74, 6) is 0. The van der Waals surface area contributed by atoms with Crippen LogP contribution in [0.2, 0.25) is 0 Å². The molecule has 0 N–H and O–H groups in total. The van der Waals surface area contributed by atoms with E-state index in [0.717, 1.165) is 43.4 Å². The van der Waals surface area contributed by atoms with Gasteiger partial charge in [0.25, 0.3) is 0 Å². The molecule has 0 aliphatic rings. The normalized spacial score (nSPS) is 8.63. The maximum absolute atomic E-state index is 8.00. The SMILES string of the molecule is C[N+](C)(C)Cc1ccccc1.C[N+](C)(C)Cc1ccccc1.O=N[O-].O=N[O-].O=N[O-].O=N[O-].[Pd+2]. The van der Waals surface area contributed by atoms with Gasteiger partial charge in [0.05, 0.1) is 42.3 Å². The Hall–Kier alpha value is -3.38. The maximum atomic E-state index is 8.00. The number of nitrogens with zero attached hydrogens (tertiary/aromatic N) is 6. The van der Waals surface area contributed by atoms with Gasteiger partial charge in [-0.2, -0.15) is 0 Å². The van der Waals surface area contributed by atoms with Crippen LogP contribution in [0.3, 0.4) is 0 Å². The number of hydrogen-bond donors (Lipinski definition) is 0. The van der Waals surface area contributed by atoms with Crippen molar-refractivity contribution in [2.24, 2.45) is 21.4 Å². The van der Waals surface area contributed by atoms with Gasteiger partial charge in [0.15, 0.2) is 0 Å². The second-order valence-electron chi connectivity index (χ2n) is 8.17.